The summed E-state index contributed by atoms with van der Waals surface area (Å²) in [6.45, 7) is 1.89. The number of nitro groups is 1. The molecular weight excluding hydrogens is 460 g/mol. The van der Waals surface area contributed by atoms with Crippen molar-refractivity contribution in [1.82, 2.24) is 0 Å². The standard InChI is InChI=1S/C15H12N2O5.C9H8O4/c18-15(16-11-2-1-3-12(9-11)17(19)20)10-4-5-13-14(8-10)22-7-6-21-13;10-9(11)6-1-2-7-8(5-6)13-4-3-12-7/h1-5,8-9H,6-7H2,(H,16,18);1-2,5H,3-4H2,(H,10,11). The van der Waals surface area contributed by atoms with Crippen molar-refractivity contribution in [3.05, 3.63) is 81.9 Å². The number of carboxylic acid groups (broad SMARTS) is 1. The Morgan fingerprint density at radius 3 is 1.89 bits per heavy atom. The summed E-state index contributed by atoms with van der Waals surface area (Å²) in [7, 11) is 0. The number of anilines is 1. The summed E-state index contributed by atoms with van der Waals surface area (Å²) in [6, 6.07) is 15.2. The Hall–Kier alpha value is -4.80. The van der Waals surface area contributed by atoms with Crippen molar-refractivity contribution < 1.29 is 38.6 Å². The van der Waals surface area contributed by atoms with E-state index in [1.54, 1.807) is 30.3 Å². The topological polar surface area (TPSA) is 146 Å². The molecule has 5 rings (SSSR count). The molecule has 0 bridgehead atoms. The first-order chi connectivity index (χ1) is 16.9. The van der Waals surface area contributed by atoms with E-state index in [9.17, 15) is 19.7 Å². The molecular formula is C24H20N2O9. The summed E-state index contributed by atoms with van der Waals surface area (Å²) in [5, 5.41) is 22.0. The van der Waals surface area contributed by atoms with Gasteiger partial charge in [0, 0.05) is 23.4 Å². The molecule has 11 nitrogen and oxygen atoms in total. The Balaban J connectivity index is 0.000000189. The average Bonchev–Trinajstić information content (AvgIpc) is 2.88. The van der Waals surface area contributed by atoms with Gasteiger partial charge in [0.05, 0.1) is 10.5 Å². The van der Waals surface area contributed by atoms with E-state index in [2.05, 4.69) is 5.32 Å². The highest BCUT2D eigenvalue weighted by atomic mass is 16.6. The van der Waals surface area contributed by atoms with Crippen LogP contribution in [0.15, 0.2) is 60.7 Å². The molecule has 2 N–H and O–H groups in total. The summed E-state index contributed by atoms with van der Waals surface area (Å²) in [5.74, 6) is 0.882. The maximum atomic E-state index is 12.2. The molecule has 3 aromatic rings. The normalized spacial score (nSPS) is 13.0. The van der Waals surface area contributed by atoms with Gasteiger partial charge in [0.25, 0.3) is 11.6 Å². The van der Waals surface area contributed by atoms with E-state index < -0.39 is 10.9 Å². The molecule has 0 aromatic heterocycles. The predicted molar refractivity (Wildman–Crippen MR) is 123 cm³/mol. The van der Waals surface area contributed by atoms with Gasteiger partial charge >= 0.3 is 5.97 Å². The van der Waals surface area contributed by atoms with E-state index in [4.69, 9.17) is 24.1 Å². The first kappa shape index (κ1) is 23.4. The molecule has 0 fully saturated rings. The molecule has 1 amide bonds. The van der Waals surface area contributed by atoms with Crippen LogP contribution in [-0.2, 0) is 0 Å². The summed E-state index contributed by atoms with van der Waals surface area (Å²) in [5.41, 5.74) is 0.870. The van der Waals surface area contributed by atoms with Gasteiger partial charge in [0.2, 0.25) is 0 Å². The second kappa shape index (κ2) is 10.4. The molecule has 11 heteroatoms. The van der Waals surface area contributed by atoms with E-state index in [1.165, 1.54) is 30.3 Å². The van der Waals surface area contributed by atoms with Gasteiger partial charge in [-0.25, -0.2) is 4.79 Å². The van der Waals surface area contributed by atoms with Crippen LogP contribution in [0.2, 0.25) is 0 Å². The Bertz CT molecular complexity index is 1280. The van der Waals surface area contributed by atoms with E-state index in [0.717, 1.165) is 0 Å². The number of rotatable bonds is 4. The molecule has 0 saturated carbocycles. The number of aromatic carboxylic acids is 1. The fourth-order valence-electron chi connectivity index (χ4n) is 3.26. The molecule has 2 heterocycles. The minimum atomic E-state index is -0.961. The molecule has 0 unspecified atom stereocenters. The third-order valence-electron chi connectivity index (χ3n) is 4.91. The maximum absolute atomic E-state index is 12.2. The van der Waals surface area contributed by atoms with E-state index in [0.29, 0.717) is 60.7 Å². The van der Waals surface area contributed by atoms with Gasteiger partial charge in [-0.1, -0.05) is 6.07 Å². The first-order valence-electron chi connectivity index (χ1n) is 10.5. The minimum Gasteiger partial charge on any atom is -0.486 e. The molecule has 180 valence electrons. The smallest absolute Gasteiger partial charge is 0.335 e. The number of non-ortho nitro benzene ring substituents is 1. The van der Waals surface area contributed by atoms with Gasteiger partial charge in [-0.15, -0.1) is 0 Å². The van der Waals surface area contributed by atoms with Crippen molar-refractivity contribution in [2.24, 2.45) is 0 Å². The van der Waals surface area contributed by atoms with Gasteiger partial charge in [-0.2, -0.15) is 0 Å². The average molecular weight is 480 g/mol. The number of carboxylic acids is 1. The van der Waals surface area contributed by atoms with Crippen LogP contribution in [0.3, 0.4) is 0 Å². The SMILES string of the molecule is O=C(Nc1cccc([N+](=O)[O-])c1)c1ccc2c(c1)OCCO2.O=C(O)c1ccc2c(c1)OCCO2. The summed E-state index contributed by atoms with van der Waals surface area (Å²) in [4.78, 5) is 33.0. The highest BCUT2D eigenvalue weighted by Crippen LogP contribution is 2.31. The van der Waals surface area contributed by atoms with Crippen LogP contribution < -0.4 is 24.3 Å². The van der Waals surface area contributed by atoms with Crippen molar-refractivity contribution >= 4 is 23.3 Å². The van der Waals surface area contributed by atoms with Gasteiger partial charge < -0.3 is 29.4 Å². The second-order valence-corrected chi connectivity index (χ2v) is 7.28. The number of carbonyl (C=O) groups excluding carboxylic acids is 1. The zero-order valence-corrected chi connectivity index (χ0v) is 18.3. The monoisotopic (exact) mass is 480 g/mol. The van der Waals surface area contributed by atoms with Crippen LogP contribution in [0.1, 0.15) is 20.7 Å². The van der Waals surface area contributed by atoms with Crippen molar-refractivity contribution in [3.63, 3.8) is 0 Å². The Morgan fingerprint density at radius 2 is 1.31 bits per heavy atom. The molecule has 0 spiro atoms. The number of nitrogens with zero attached hydrogens (tertiary/aromatic N) is 1. The largest absolute Gasteiger partial charge is 0.486 e. The van der Waals surface area contributed by atoms with Gasteiger partial charge in [-0.05, 0) is 42.5 Å². The van der Waals surface area contributed by atoms with Crippen LogP contribution in [0, 0.1) is 10.1 Å². The van der Waals surface area contributed by atoms with E-state index in [1.807, 2.05) is 0 Å². The lowest BCUT2D eigenvalue weighted by atomic mass is 10.1. The van der Waals surface area contributed by atoms with Gasteiger partial charge in [0.15, 0.2) is 23.0 Å². The van der Waals surface area contributed by atoms with Crippen LogP contribution >= 0.6 is 0 Å². The quantitative estimate of drug-likeness (QED) is 0.421. The van der Waals surface area contributed by atoms with E-state index in [-0.39, 0.29) is 17.2 Å². The summed E-state index contributed by atoms with van der Waals surface area (Å²) >= 11 is 0. The number of nitro benzene ring substituents is 1. The molecule has 3 aromatic carbocycles. The van der Waals surface area contributed by atoms with Crippen LogP contribution in [0.4, 0.5) is 11.4 Å². The zero-order chi connectivity index (χ0) is 24.8. The van der Waals surface area contributed by atoms with Crippen molar-refractivity contribution in [2.75, 3.05) is 31.7 Å². The Kier molecular flexibility index (Phi) is 6.96. The number of carbonyl (C=O) groups is 2. The lowest BCUT2D eigenvalue weighted by Gasteiger charge is -2.18. The van der Waals surface area contributed by atoms with Gasteiger partial charge in [0.1, 0.15) is 26.4 Å². The predicted octanol–water partition coefficient (Wildman–Crippen LogP) is 3.77. The molecule has 35 heavy (non-hydrogen) atoms. The summed E-state index contributed by atoms with van der Waals surface area (Å²) < 4.78 is 21.3. The fourth-order valence-corrected chi connectivity index (χ4v) is 3.26. The van der Waals surface area contributed by atoms with Crippen molar-refractivity contribution in [3.8, 4) is 23.0 Å². The Labute approximate surface area is 199 Å². The third-order valence-corrected chi connectivity index (χ3v) is 4.91. The first-order valence-corrected chi connectivity index (χ1v) is 10.5. The molecule has 0 radical (unpaired) electrons. The molecule has 0 atom stereocenters. The van der Waals surface area contributed by atoms with Crippen molar-refractivity contribution in [2.45, 2.75) is 0 Å². The third kappa shape index (κ3) is 5.77. The zero-order valence-electron chi connectivity index (χ0n) is 18.3. The number of amides is 1. The minimum absolute atomic E-state index is 0.0834. The number of hydrogen-bond acceptors (Lipinski definition) is 8. The Morgan fingerprint density at radius 1 is 0.771 bits per heavy atom. The number of nitrogens with one attached hydrogen (secondary N) is 1. The lowest BCUT2D eigenvalue weighted by molar-refractivity contribution is -0.384. The molecule has 2 aliphatic heterocycles. The highest BCUT2D eigenvalue weighted by Gasteiger charge is 2.16. The maximum Gasteiger partial charge on any atom is 0.335 e. The molecule has 0 aliphatic carbocycles. The van der Waals surface area contributed by atoms with Crippen LogP contribution in [0.25, 0.3) is 0 Å². The molecule has 2 aliphatic rings. The highest BCUT2D eigenvalue weighted by molar-refractivity contribution is 6.04. The van der Waals surface area contributed by atoms with Crippen LogP contribution in [0.5, 0.6) is 23.0 Å². The number of hydrogen-bond donors (Lipinski definition) is 2. The number of ether oxygens (including phenoxy) is 4. The fraction of sp³-hybridized carbons (Fsp3) is 0.167. The van der Waals surface area contributed by atoms with Gasteiger partial charge in [-0.3, -0.25) is 14.9 Å². The van der Waals surface area contributed by atoms with E-state index >= 15 is 0 Å². The number of fused-ring (bicyclic) bond motifs is 2. The van der Waals surface area contributed by atoms with Crippen LogP contribution in [-0.4, -0.2) is 48.3 Å². The summed E-state index contributed by atoms with van der Waals surface area (Å²) in [6.07, 6.45) is 0. The lowest BCUT2D eigenvalue weighted by Crippen LogP contribution is -2.17. The molecule has 0 saturated heterocycles. The second-order valence-electron chi connectivity index (χ2n) is 7.28. The number of benzene rings is 3. The van der Waals surface area contributed by atoms with Crippen molar-refractivity contribution in [1.29, 1.82) is 0 Å².